The van der Waals surface area contributed by atoms with Crippen LogP contribution in [0.5, 0.6) is 0 Å². The number of hydrogen-bond donors (Lipinski definition) is 2. The summed E-state index contributed by atoms with van der Waals surface area (Å²) in [5.41, 5.74) is 2.23. The van der Waals surface area contributed by atoms with Gasteiger partial charge in [0.15, 0.2) is 0 Å². The van der Waals surface area contributed by atoms with E-state index in [2.05, 4.69) is 9.82 Å². The van der Waals surface area contributed by atoms with E-state index in [1.165, 1.54) is 5.56 Å². The van der Waals surface area contributed by atoms with E-state index in [1.54, 1.807) is 6.20 Å². The molecule has 2 aromatic rings. The molecule has 1 aromatic heterocycles. The van der Waals surface area contributed by atoms with Crippen LogP contribution in [0.4, 0.5) is 0 Å². The fourth-order valence-corrected chi connectivity index (χ4v) is 1.77. The topological polar surface area (TPSA) is 51.0 Å². The summed E-state index contributed by atoms with van der Waals surface area (Å²) in [4.78, 5) is 7.69. The molecule has 74 valence electrons. The molecule has 0 saturated carbocycles. The quantitative estimate of drug-likeness (QED) is 0.764. The number of benzene rings is 1. The van der Waals surface area contributed by atoms with Crippen LogP contribution < -0.4 is 5.90 Å². The molecule has 2 rings (SSSR count). The third-order valence-electron chi connectivity index (χ3n) is 2.24. The molecule has 3 nitrogen and oxygen atoms in total. The highest BCUT2D eigenvalue weighted by atomic mass is 35.5. The van der Waals surface area contributed by atoms with Crippen LogP contribution in [0, 0.1) is 0 Å². The largest absolute Gasteiger partial charge is 0.360 e. The molecule has 0 atom stereocenters. The molecule has 0 aliphatic carbocycles. The second-order valence-corrected chi connectivity index (χ2v) is 3.50. The van der Waals surface area contributed by atoms with Gasteiger partial charge in [0, 0.05) is 11.6 Å². The van der Waals surface area contributed by atoms with Crippen molar-refractivity contribution in [2.24, 2.45) is 5.90 Å². The second kappa shape index (κ2) is 4.00. The maximum atomic E-state index is 5.99. The number of fused-ring (bicyclic) bond motifs is 1. The van der Waals surface area contributed by atoms with Crippen molar-refractivity contribution < 1.29 is 4.84 Å². The molecule has 14 heavy (non-hydrogen) atoms. The van der Waals surface area contributed by atoms with Gasteiger partial charge >= 0.3 is 0 Å². The minimum absolute atomic E-state index is 0.510. The van der Waals surface area contributed by atoms with Crippen LogP contribution in [-0.4, -0.2) is 11.6 Å². The Labute approximate surface area is 86.8 Å². The van der Waals surface area contributed by atoms with Crippen molar-refractivity contribution in [3.63, 3.8) is 0 Å². The predicted molar refractivity (Wildman–Crippen MR) is 57.2 cm³/mol. The minimum Gasteiger partial charge on any atom is -0.360 e. The number of halogens is 1. The van der Waals surface area contributed by atoms with Gasteiger partial charge in [0.1, 0.15) is 0 Å². The van der Waals surface area contributed by atoms with Crippen LogP contribution in [0.2, 0.25) is 5.02 Å². The zero-order valence-corrected chi connectivity index (χ0v) is 8.34. The van der Waals surface area contributed by atoms with Crippen LogP contribution in [-0.2, 0) is 11.3 Å². The molecule has 1 aromatic carbocycles. The van der Waals surface area contributed by atoms with Gasteiger partial charge < -0.3 is 9.82 Å². The fraction of sp³-hybridized carbons (Fsp3) is 0.200. The molecule has 0 amide bonds. The van der Waals surface area contributed by atoms with Gasteiger partial charge in [-0.3, -0.25) is 0 Å². The van der Waals surface area contributed by atoms with Gasteiger partial charge in [-0.1, -0.05) is 29.8 Å². The maximum Gasteiger partial charge on any atom is 0.0720 e. The van der Waals surface area contributed by atoms with Gasteiger partial charge in [-0.2, -0.15) is 0 Å². The molecule has 0 saturated heterocycles. The second-order valence-electron chi connectivity index (χ2n) is 3.10. The number of nitrogens with one attached hydrogen (secondary N) is 1. The SMILES string of the molecule is NOCCc1cccc2c(Cl)c[nH]c12. The van der Waals surface area contributed by atoms with Gasteiger partial charge in [0.05, 0.1) is 17.1 Å². The Morgan fingerprint density at radius 2 is 2.29 bits per heavy atom. The first-order valence-corrected chi connectivity index (χ1v) is 4.77. The lowest BCUT2D eigenvalue weighted by molar-refractivity contribution is 0.141. The first-order valence-electron chi connectivity index (χ1n) is 4.39. The summed E-state index contributed by atoms with van der Waals surface area (Å²) in [6, 6.07) is 6.00. The van der Waals surface area contributed by atoms with Gasteiger partial charge in [0.2, 0.25) is 0 Å². The normalized spacial score (nSPS) is 11.0. The van der Waals surface area contributed by atoms with E-state index in [9.17, 15) is 0 Å². The molecule has 0 bridgehead atoms. The van der Waals surface area contributed by atoms with Crippen molar-refractivity contribution in [2.75, 3.05) is 6.61 Å². The molecule has 3 N–H and O–H groups in total. The van der Waals surface area contributed by atoms with Crippen molar-refractivity contribution in [1.29, 1.82) is 0 Å². The minimum atomic E-state index is 0.510. The van der Waals surface area contributed by atoms with E-state index in [0.717, 1.165) is 22.3 Å². The Morgan fingerprint density at radius 1 is 1.43 bits per heavy atom. The van der Waals surface area contributed by atoms with Crippen molar-refractivity contribution in [3.8, 4) is 0 Å². The lowest BCUT2D eigenvalue weighted by atomic mass is 10.1. The third kappa shape index (κ3) is 1.62. The maximum absolute atomic E-state index is 5.99. The molecule has 0 fully saturated rings. The van der Waals surface area contributed by atoms with Gasteiger partial charge in [-0.05, 0) is 12.0 Å². The first kappa shape index (κ1) is 9.52. The fourth-order valence-electron chi connectivity index (χ4n) is 1.56. The average molecular weight is 211 g/mol. The van der Waals surface area contributed by atoms with Crippen molar-refractivity contribution in [1.82, 2.24) is 4.98 Å². The molecular weight excluding hydrogens is 200 g/mol. The molecule has 0 radical (unpaired) electrons. The smallest absolute Gasteiger partial charge is 0.0720 e. The molecule has 1 heterocycles. The van der Waals surface area contributed by atoms with Crippen LogP contribution in [0.15, 0.2) is 24.4 Å². The summed E-state index contributed by atoms with van der Waals surface area (Å²) in [7, 11) is 0. The Balaban J connectivity index is 2.44. The summed E-state index contributed by atoms with van der Waals surface area (Å²) >= 11 is 5.99. The lowest BCUT2D eigenvalue weighted by Crippen LogP contribution is -2.03. The Hall–Kier alpha value is -1.03. The Morgan fingerprint density at radius 3 is 3.07 bits per heavy atom. The molecule has 0 aliphatic heterocycles. The summed E-state index contributed by atoms with van der Waals surface area (Å²) in [5.74, 6) is 4.99. The number of H-pyrrole nitrogens is 1. The molecule has 0 spiro atoms. The highest BCUT2D eigenvalue weighted by molar-refractivity contribution is 6.35. The van der Waals surface area contributed by atoms with Crippen LogP contribution in [0.25, 0.3) is 10.9 Å². The summed E-state index contributed by atoms with van der Waals surface area (Å²) in [5, 5.41) is 1.79. The zero-order valence-electron chi connectivity index (χ0n) is 7.59. The number of aromatic amines is 1. The third-order valence-corrected chi connectivity index (χ3v) is 2.55. The number of rotatable bonds is 3. The summed E-state index contributed by atoms with van der Waals surface area (Å²) in [6.07, 6.45) is 2.57. The number of hydrogen-bond acceptors (Lipinski definition) is 2. The summed E-state index contributed by atoms with van der Waals surface area (Å²) in [6.45, 7) is 0.510. The van der Waals surface area contributed by atoms with Crippen molar-refractivity contribution in [3.05, 3.63) is 35.0 Å². The lowest BCUT2D eigenvalue weighted by Gasteiger charge is -2.01. The highest BCUT2D eigenvalue weighted by Crippen LogP contribution is 2.25. The number of aromatic nitrogens is 1. The summed E-state index contributed by atoms with van der Waals surface area (Å²) < 4.78 is 0. The molecular formula is C10H11ClN2O. The van der Waals surface area contributed by atoms with Gasteiger partial charge in [-0.25, -0.2) is 5.90 Å². The molecule has 0 aliphatic rings. The van der Waals surface area contributed by atoms with E-state index >= 15 is 0 Å². The van der Waals surface area contributed by atoms with E-state index in [4.69, 9.17) is 17.5 Å². The van der Waals surface area contributed by atoms with Gasteiger partial charge in [0.25, 0.3) is 0 Å². The zero-order chi connectivity index (χ0) is 9.97. The average Bonchev–Trinajstić information content (AvgIpc) is 2.58. The van der Waals surface area contributed by atoms with Crippen molar-refractivity contribution in [2.45, 2.75) is 6.42 Å². The van der Waals surface area contributed by atoms with Crippen molar-refractivity contribution >= 4 is 22.5 Å². The number of nitrogens with two attached hydrogens (primary N) is 1. The standard InChI is InChI=1S/C10H11ClN2O/c11-9-6-13-10-7(4-5-14-12)2-1-3-8(9)10/h1-3,6,13H,4-5,12H2. The van der Waals surface area contributed by atoms with E-state index in [0.29, 0.717) is 6.61 Å². The molecule has 4 heteroatoms. The Kier molecular flexibility index (Phi) is 2.72. The monoisotopic (exact) mass is 210 g/mol. The predicted octanol–water partition coefficient (Wildman–Crippen LogP) is 2.25. The highest BCUT2D eigenvalue weighted by Gasteiger charge is 2.04. The number of para-hydroxylation sites is 1. The first-order chi connectivity index (χ1) is 6.83. The molecule has 0 unspecified atom stereocenters. The Bertz CT molecular complexity index is 439. The van der Waals surface area contributed by atoms with E-state index in [-0.39, 0.29) is 0 Å². The van der Waals surface area contributed by atoms with Crippen LogP contribution in [0.1, 0.15) is 5.56 Å². The van der Waals surface area contributed by atoms with Gasteiger partial charge in [-0.15, -0.1) is 0 Å². The van der Waals surface area contributed by atoms with E-state index < -0.39 is 0 Å². The van der Waals surface area contributed by atoms with E-state index in [1.807, 2.05) is 18.2 Å². The van der Waals surface area contributed by atoms with Crippen LogP contribution >= 0.6 is 11.6 Å². The van der Waals surface area contributed by atoms with Crippen LogP contribution in [0.3, 0.4) is 0 Å².